The van der Waals surface area contributed by atoms with Crippen LogP contribution in [0.15, 0.2) is 42.1 Å². The summed E-state index contributed by atoms with van der Waals surface area (Å²) in [6, 6.07) is 9.91. The number of allylic oxidation sites excluding steroid dienone is 2. The Balaban J connectivity index is 0.00000242. The highest BCUT2D eigenvalue weighted by molar-refractivity contribution is 5.65. The predicted octanol–water partition coefficient (Wildman–Crippen LogP) is 3.62. The summed E-state index contributed by atoms with van der Waals surface area (Å²) in [6.07, 6.45) is 3.75. The summed E-state index contributed by atoms with van der Waals surface area (Å²) in [7, 11) is 0. The number of carbonyl (C=O) groups is 1. The first kappa shape index (κ1) is 17.9. The zero-order chi connectivity index (χ0) is 15.2. The van der Waals surface area contributed by atoms with Crippen LogP contribution in [0.25, 0.3) is 0 Å². The number of aryl methyl sites for hydroxylation is 1. The molecule has 1 aliphatic rings. The molecule has 1 aromatic carbocycles. The third-order valence-electron chi connectivity index (χ3n) is 3.88. The Kier molecular flexibility index (Phi) is 6.76. The quantitative estimate of drug-likeness (QED) is 0.457. The van der Waals surface area contributed by atoms with E-state index in [4.69, 9.17) is 4.74 Å². The third-order valence-corrected chi connectivity index (χ3v) is 3.88. The highest BCUT2D eigenvalue weighted by atomic mass is 16.6. The second-order valence-corrected chi connectivity index (χ2v) is 5.32. The van der Waals surface area contributed by atoms with E-state index < -0.39 is 0 Å². The summed E-state index contributed by atoms with van der Waals surface area (Å²) in [5, 5.41) is 11.1. The largest absolute Gasteiger partial charge is 0.466 e. The van der Waals surface area contributed by atoms with Crippen molar-refractivity contribution < 1.29 is 14.5 Å². The van der Waals surface area contributed by atoms with Crippen LogP contribution in [0.5, 0.6) is 0 Å². The number of nitrogens with zero attached hydrogens (tertiary/aromatic N) is 1. The second-order valence-electron chi connectivity index (χ2n) is 5.32. The number of esters is 1. The molecule has 5 nitrogen and oxygen atoms in total. The number of nitro groups is 1. The molecule has 0 bridgehead atoms. The van der Waals surface area contributed by atoms with Crippen molar-refractivity contribution in [2.24, 2.45) is 11.8 Å². The van der Waals surface area contributed by atoms with Gasteiger partial charge in [0.25, 0.3) is 0 Å². The van der Waals surface area contributed by atoms with Gasteiger partial charge in [0.2, 0.25) is 5.70 Å². The van der Waals surface area contributed by atoms with Gasteiger partial charge in [0.1, 0.15) is 0 Å². The smallest absolute Gasteiger partial charge is 0.302 e. The number of hydrogen-bond acceptors (Lipinski definition) is 4. The van der Waals surface area contributed by atoms with E-state index in [2.05, 4.69) is 0 Å². The normalized spacial score (nSPS) is 20.0. The van der Waals surface area contributed by atoms with Gasteiger partial charge in [-0.05, 0) is 30.9 Å². The van der Waals surface area contributed by atoms with Crippen LogP contribution in [0, 0.1) is 22.0 Å². The number of ether oxygens (including phenoxy) is 1. The first-order chi connectivity index (χ1) is 10.1. The number of carbonyl (C=O) groups excluding carboxylic acids is 1. The Morgan fingerprint density at radius 2 is 2.05 bits per heavy atom. The molecule has 5 heteroatoms. The SMILES string of the molecule is C.CC(=O)OC[C@@H]1CC=C([N+](=O)[O-])[C@@H]1CCc1ccccc1. The fourth-order valence-corrected chi connectivity index (χ4v) is 2.80. The average Bonchev–Trinajstić information content (AvgIpc) is 2.87. The van der Waals surface area contributed by atoms with Gasteiger partial charge >= 0.3 is 5.97 Å². The first-order valence-electron chi connectivity index (χ1n) is 7.09. The molecule has 0 amide bonds. The van der Waals surface area contributed by atoms with E-state index in [1.807, 2.05) is 30.3 Å². The highest BCUT2D eigenvalue weighted by Crippen LogP contribution is 2.35. The molecule has 0 heterocycles. The van der Waals surface area contributed by atoms with Crippen LogP contribution < -0.4 is 0 Å². The fraction of sp³-hybridized carbons (Fsp3) is 0.471. The van der Waals surface area contributed by atoms with Crippen molar-refractivity contribution in [2.45, 2.75) is 33.6 Å². The van der Waals surface area contributed by atoms with E-state index in [1.54, 1.807) is 6.08 Å². The van der Waals surface area contributed by atoms with Crippen molar-refractivity contribution >= 4 is 5.97 Å². The highest BCUT2D eigenvalue weighted by Gasteiger charge is 2.37. The van der Waals surface area contributed by atoms with E-state index in [0.717, 1.165) is 6.42 Å². The van der Waals surface area contributed by atoms with Crippen molar-refractivity contribution in [1.82, 2.24) is 0 Å². The minimum absolute atomic E-state index is 0. The Hall–Kier alpha value is -2.17. The summed E-state index contributed by atoms with van der Waals surface area (Å²) >= 11 is 0. The lowest BCUT2D eigenvalue weighted by Crippen LogP contribution is -2.22. The Labute approximate surface area is 131 Å². The zero-order valence-corrected chi connectivity index (χ0v) is 12.0. The van der Waals surface area contributed by atoms with Gasteiger partial charge in [0, 0.05) is 12.8 Å². The fourth-order valence-electron chi connectivity index (χ4n) is 2.80. The molecule has 120 valence electrons. The van der Waals surface area contributed by atoms with Crippen LogP contribution in [0.2, 0.25) is 0 Å². The molecule has 0 saturated carbocycles. The maximum absolute atomic E-state index is 11.1. The molecule has 0 aliphatic heterocycles. The van der Waals surface area contributed by atoms with E-state index in [0.29, 0.717) is 12.8 Å². The molecule has 2 rings (SSSR count). The van der Waals surface area contributed by atoms with Crippen LogP contribution in [-0.2, 0) is 16.0 Å². The van der Waals surface area contributed by atoms with Gasteiger partial charge in [-0.2, -0.15) is 0 Å². The van der Waals surface area contributed by atoms with Gasteiger partial charge in [-0.15, -0.1) is 0 Å². The van der Waals surface area contributed by atoms with Crippen molar-refractivity contribution in [3.63, 3.8) is 0 Å². The summed E-state index contributed by atoms with van der Waals surface area (Å²) in [4.78, 5) is 21.8. The van der Waals surface area contributed by atoms with Gasteiger partial charge in [-0.25, -0.2) is 0 Å². The van der Waals surface area contributed by atoms with Gasteiger partial charge in [0.05, 0.1) is 17.4 Å². The minimum Gasteiger partial charge on any atom is -0.466 e. The number of benzene rings is 1. The summed E-state index contributed by atoms with van der Waals surface area (Å²) in [5.41, 5.74) is 1.43. The number of hydrogen-bond donors (Lipinski definition) is 0. The lowest BCUT2D eigenvalue weighted by Gasteiger charge is -2.18. The Morgan fingerprint density at radius 3 is 2.64 bits per heavy atom. The van der Waals surface area contributed by atoms with Crippen molar-refractivity contribution in [1.29, 1.82) is 0 Å². The van der Waals surface area contributed by atoms with Crippen LogP contribution in [0.3, 0.4) is 0 Å². The Morgan fingerprint density at radius 1 is 1.36 bits per heavy atom. The van der Waals surface area contributed by atoms with E-state index in [1.165, 1.54) is 12.5 Å². The second kappa shape index (κ2) is 8.32. The summed E-state index contributed by atoms with van der Waals surface area (Å²) in [6.45, 7) is 1.61. The van der Waals surface area contributed by atoms with Crippen LogP contribution in [0.1, 0.15) is 32.8 Å². The lowest BCUT2D eigenvalue weighted by atomic mass is 9.89. The van der Waals surface area contributed by atoms with Crippen LogP contribution in [-0.4, -0.2) is 17.5 Å². The van der Waals surface area contributed by atoms with E-state index in [-0.39, 0.29) is 42.5 Å². The number of rotatable bonds is 6. The molecule has 1 aromatic rings. The molecule has 0 fully saturated rings. The van der Waals surface area contributed by atoms with Crippen molar-refractivity contribution in [3.8, 4) is 0 Å². The van der Waals surface area contributed by atoms with E-state index >= 15 is 0 Å². The molecule has 0 N–H and O–H groups in total. The predicted molar refractivity (Wildman–Crippen MR) is 84.8 cm³/mol. The molecule has 0 saturated heterocycles. The van der Waals surface area contributed by atoms with Crippen LogP contribution >= 0.6 is 0 Å². The molecule has 0 aromatic heterocycles. The molecular formula is C17H23NO4. The molecule has 2 atom stereocenters. The lowest BCUT2D eigenvalue weighted by molar-refractivity contribution is -0.433. The van der Waals surface area contributed by atoms with Gasteiger partial charge in [-0.3, -0.25) is 14.9 Å². The van der Waals surface area contributed by atoms with Gasteiger partial charge in [0.15, 0.2) is 0 Å². The first-order valence-corrected chi connectivity index (χ1v) is 7.09. The Bertz CT molecular complexity index is 539. The van der Waals surface area contributed by atoms with Crippen LogP contribution in [0.4, 0.5) is 0 Å². The minimum atomic E-state index is -0.341. The molecule has 22 heavy (non-hydrogen) atoms. The molecule has 0 spiro atoms. The third kappa shape index (κ3) is 4.69. The zero-order valence-electron chi connectivity index (χ0n) is 12.0. The maximum Gasteiger partial charge on any atom is 0.302 e. The molecular weight excluding hydrogens is 282 g/mol. The van der Waals surface area contributed by atoms with Crippen molar-refractivity contribution in [3.05, 3.63) is 57.8 Å². The molecule has 0 unspecified atom stereocenters. The summed E-state index contributed by atoms with van der Waals surface area (Å²) < 4.78 is 5.04. The average molecular weight is 305 g/mol. The van der Waals surface area contributed by atoms with Crippen molar-refractivity contribution in [2.75, 3.05) is 6.61 Å². The maximum atomic E-state index is 11.1. The molecule has 0 radical (unpaired) electrons. The van der Waals surface area contributed by atoms with Gasteiger partial charge in [-0.1, -0.05) is 37.8 Å². The standard InChI is InChI=1S/C16H19NO4.CH4/c1-12(18)21-11-14-8-10-16(17(19)20)15(14)9-7-13-5-3-2-4-6-13;/h2-6,10,14-15H,7-9,11H2,1H3;1H4/t14-,15+;/m0./s1. The monoisotopic (exact) mass is 305 g/mol. The molecule has 1 aliphatic carbocycles. The summed E-state index contributed by atoms with van der Waals surface area (Å²) in [5.74, 6) is -0.482. The topological polar surface area (TPSA) is 69.4 Å². The van der Waals surface area contributed by atoms with E-state index in [9.17, 15) is 14.9 Å². The van der Waals surface area contributed by atoms with Gasteiger partial charge < -0.3 is 4.74 Å².